The third-order valence-electron chi connectivity index (χ3n) is 2.89. The predicted molar refractivity (Wildman–Crippen MR) is 59.3 cm³/mol. The van der Waals surface area contributed by atoms with Crippen LogP contribution in [0.4, 0.5) is 4.79 Å². The SMILES string of the molecule is C[C@@H](NC(=O)N(C)C1CCNCC1)C(=O)O. The van der Waals surface area contributed by atoms with E-state index in [-0.39, 0.29) is 12.1 Å². The molecule has 16 heavy (non-hydrogen) atoms. The van der Waals surface area contributed by atoms with Crippen LogP contribution in [-0.2, 0) is 4.79 Å². The van der Waals surface area contributed by atoms with Crippen molar-refractivity contribution >= 4 is 12.0 Å². The molecule has 0 radical (unpaired) electrons. The van der Waals surface area contributed by atoms with Crippen LogP contribution in [0, 0.1) is 0 Å². The second-order valence-corrected chi connectivity index (χ2v) is 4.10. The molecule has 0 spiro atoms. The molecule has 1 fully saturated rings. The van der Waals surface area contributed by atoms with Gasteiger partial charge in [0.25, 0.3) is 0 Å². The molecule has 0 bridgehead atoms. The van der Waals surface area contributed by atoms with Gasteiger partial charge >= 0.3 is 12.0 Å². The lowest BCUT2D eigenvalue weighted by molar-refractivity contribution is -0.138. The lowest BCUT2D eigenvalue weighted by atomic mass is 10.1. The Morgan fingerprint density at radius 3 is 2.50 bits per heavy atom. The fourth-order valence-corrected chi connectivity index (χ4v) is 1.71. The van der Waals surface area contributed by atoms with Gasteiger partial charge in [-0.2, -0.15) is 0 Å². The number of hydrogen-bond acceptors (Lipinski definition) is 3. The summed E-state index contributed by atoms with van der Waals surface area (Å²) in [6.45, 7) is 3.25. The highest BCUT2D eigenvalue weighted by molar-refractivity contribution is 5.82. The van der Waals surface area contributed by atoms with Crippen molar-refractivity contribution in [3.8, 4) is 0 Å². The van der Waals surface area contributed by atoms with Gasteiger partial charge in [-0.1, -0.05) is 0 Å². The largest absolute Gasteiger partial charge is 0.480 e. The van der Waals surface area contributed by atoms with Gasteiger partial charge in [-0.3, -0.25) is 4.79 Å². The molecule has 3 N–H and O–H groups in total. The number of piperidine rings is 1. The second kappa shape index (κ2) is 5.69. The molecular weight excluding hydrogens is 210 g/mol. The number of carboxylic acid groups (broad SMARTS) is 1. The van der Waals surface area contributed by atoms with Crippen molar-refractivity contribution in [1.82, 2.24) is 15.5 Å². The van der Waals surface area contributed by atoms with E-state index in [0.717, 1.165) is 25.9 Å². The number of amides is 2. The molecule has 1 aliphatic heterocycles. The Morgan fingerprint density at radius 2 is 2.00 bits per heavy atom. The first-order valence-electron chi connectivity index (χ1n) is 5.49. The first kappa shape index (κ1) is 12.8. The number of carbonyl (C=O) groups is 2. The molecule has 1 atom stereocenters. The minimum Gasteiger partial charge on any atom is -0.480 e. The van der Waals surface area contributed by atoms with Crippen molar-refractivity contribution in [2.45, 2.75) is 31.8 Å². The van der Waals surface area contributed by atoms with E-state index in [0.29, 0.717) is 0 Å². The molecule has 6 heteroatoms. The Kier molecular flexibility index (Phi) is 4.54. The minimum absolute atomic E-state index is 0.197. The van der Waals surface area contributed by atoms with Gasteiger partial charge in [-0.25, -0.2) is 4.79 Å². The zero-order valence-corrected chi connectivity index (χ0v) is 9.69. The van der Waals surface area contributed by atoms with E-state index in [4.69, 9.17) is 5.11 Å². The Balaban J connectivity index is 2.43. The molecule has 0 saturated carbocycles. The summed E-state index contributed by atoms with van der Waals surface area (Å²) in [6, 6.07) is -0.972. The highest BCUT2D eigenvalue weighted by Gasteiger charge is 2.23. The van der Waals surface area contributed by atoms with E-state index in [1.54, 1.807) is 11.9 Å². The third-order valence-corrected chi connectivity index (χ3v) is 2.89. The molecule has 1 saturated heterocycles. The smallest absolute Gasteiger partial charge is 0.325 e. The van der Waals surface area contributed by atoms with Crippen molar-refractivity contribution in [1.29, 1.82) is 0 Å². The molecule has 0 aromatic heterocycles. The van der Waals surface area contributed by atoms with Crippen molar-refractivity contribution < 1.29 is 14.7 Å². The molecule has 1 aliphatic rings. The molecule has 1 rings (SSSR count). The Labute approximate surface area is 95.0 Å². The number of carbonyl (C=O) groups excluding carboxylic acids is 1. The zero-order chi connectivity index (χ0) is 12.1. The van der Waals surface area contributed by atoms with Gasteiger partial charge in [0.15, 0.2) is 0 Å². The van der Waals surface area contributed by atoms with Crippen molar-refractivity contribution in [3.63, 3.8) is 0 Å². The standard InChI is InChI=1S/C10H19N3O3/c1-7(9(14)15)12-10(16)13(2)8-3-5-11-6-4-8/h7-8,11H,3-6H2,1-2H3,(H,12,16)(H,14,15)/t7-/m1/s1. The average molecular weight is 229 g/mol. The predicted octanol–water partition coefficient (Wildman–Crippen LogP) is -0.147. The van der Waals surface area contributed by atoms with Crippen molar-refractivity contribution in [2.75, 3.05) is 20.1 Å². The Hall–Kier alpha value is -1.30. The number of hydrogen-bond donors (Lipinski definition) is 3. The molecule has 0 aliphatic carbocycles. The van der Waals surface area contributed by atoms with Crippen LogP contribution >= 0.6 is 0 Å². The van der Waals surface area contributed by atoms with Crippen LogP contribution < -0.4 is 10.6 Å². The monoisotopic (exact) mass is 229 g/mol. The molecule has 2 amide bonds. The lowest BCUT2D eigenvalue weighted by Crippen LogP contribution is -2.51. The summed E-state index contributed by atoms with van der Waals surface area (Å²) >= 11 is 0. The maximum absolute atomic E-state index is 11.7. The molecule has 6 nitrogen and oxygen atoms in total. The Morgan fingerprint density at radius 1 is 1.44 bits per heavy atom. The van der Waals surface area contributed by atoms with Gasteiger partial charge in [0.1, 0.15) is 6.04 Å². The summed E-state index contributed by atoms with van der Waals surface area (Å²) < 4.78 is 0. The highest BCUT2D eigenvalue weighted by Crippen LogP contribution is 2.09. The molecule has 0 unspecified atom stereocenters. The first-order valence-corrected chi connectivity index (χ1v) is 5.49. The normalized spacial score (nSPS) is 18.9. The van der Waals surface area contributed by atoms with Crippen LogP contribution in [0.15, 0.2) is 0 Å². The van der Waals surface area contributed by atoms with Gasteiger partial charge < -0.3 is 20.6 Å². The molecule has 0 aromatic rings. The lowest BCUT2D eigenvalue weighted by Gasteiger charge is -2.32. The van der Waals surface area contributed by atoms with Gasteiger partial charge in [-0.15, -0.1) is 0 Å². The summed E-state index contributed by atoms with van der Waals surface area (Å²) in [7, 11) is 1.71. The minimum atomic E-state index is -1.02. The van der Waals surface area contributed by atoms with Crippen LogP contribution in [0.5, 0.6) is 0 Å². The quantitative estimate of drug-likeness (QED) is 0.629. The maximum Gasteiger partial charge on any atom is 0.325 e. The summed E-state index contributed by atoms with van der Waals surface area (Å²) in [6.07, 6.45) is 1.82. The van der Waals surface area contributed by atoms with E-state index in [9.17, 15) is 9.59 Å². The highest BCUT2D eigenvalue weighted by atomic mass is 16.4. The number of nitrogens with one attached hydrogen (secondary N) is 2. The average Bonchev–Trinajstić information content (AvgIpc) is 2.28. The third kappa shape index (κ3) is 3.37. The number of aliphatic carboxylic acids is 1. The zero-order valence-electron chi connectivity index (χ0n) is 9.69. The number of nitrogens with zero attached hydrogens (tertiary/aromatic N) is 1. The van der Waals surface area contributed by atoms with Gasteiger partial charge in [0.2, 0.25) is 0 Å². The molecular formula is C10H19N3O3. The summed E-state index contributed by atoms with van der Waals surface area (Å²) in [4.78, 5) is 23.9. The van der Waals surface area contributed by atoms with Gasteiger partial charge in [0.05, 0.1) is 0 Å². The molecule has 92 valence electrons. The van der Waals surface area contributed by atoms with Gasteiger partial charge in [0, 0.05) is 13.1 Å². The number of rotatable bonds is 3. The van der Waals surface area contributed by atoms with E-state index < -0.39 is 12.0 Å². The van der Waals surface area contributed by atoms with Gasteiger partial charge in [-0.05, 0) is 32.9 Å². The Bertz CT molecular complexity index is 264. The van der Waals surface area contributed by atoms with Crippen LogP contribution in [0.2, 0.25) is 0 Å². The fourth-order valence-electron chi connectivity index (χ4n) is 1.71. The summed E-state index contributed by atoms with van der Waals surface area (Å²) in [5.41, 5.74) is 0. The summed E-state index contributed by atoms with van der Waals surface area (Å²) in [5, 5.41) is 14.3. The molecule has 0 aromatic carbocycles. The maximum atomic E-state index is 11.7. The van der Waals surface area contributed by atoms with E-state index >= 15 is 0 Å². The fraction of sp³-hybridized carbons (Fsp3) is 0.800. The van der Waals surface area contributed by atoms with Crippen LogP contribution in [0.25, 0.3) is 0 Å². The topological polar surface area (TPSA) is 81.7 Å². The number of carboxylic acids is 1. The van der Waals surface area contributed by atoms with Crippen molar-refractivity contribution in [2.24, 2.45) is 0 Å². The number of urea groups is 1. The van der Waals surface area contributed by atoms with E-state index in [1.807, 2.05) is 0 Å². The van der Waals surface area contributed by atoms with E-state index in [2.05, 4.69) is 10.6 Å². The van der Waals surface area contributed by atoms with Crippen LogP contribution in [0.3, 0.4) is 0 Å². The summed E-state index contributed by atoms with van der Waals surface area (Å²) in [5.74, 6) is -1.02. The second-order valence-electron chi connectivity index (χ2n) is 4.10. The molecule has 1 heterocycles. The first-order chi connectivity index (χ1) is 7.52. The van der Waals surface area contributed by atoms with E-state index in [1.165, 1.54) is 6.92 Å². The van der Waals surface area contributed by atoms with Crippen molar-refractivity contribution in [3.05, 3.63) is 0 Å². The van der Waals surface area contributed by atoms with Crippen LogP contribution in [0.1, 0.15) is 19.8 Å². The van der Waals surface area contributed by atoms with Crippen LogP contribution in [-0.4, -0.2) is 54.2 Å².